The van der Waals surface area contributed by atoms with Crippen LogP contribution in [0.1, 0.15) is 49.1 Å². The second-order valence-corrected chi connectivity index (χ2v) is 5.42. The number of hydrogen-bond acceptors (Lipinski definition) is 2. The van der Waals surface area contributed by atoms with Crippen molar-refractivity contribution in [3.05, 3.63) is 63.9 Å². The molecule has 0 saturated heterocycles. The first-order chi connectivity index (χ1) is 9.95. The Kier molecular flexibility index (Phi) is 4.63. The molecule has 0 spiro atoms. The van der Waals surface area contributed by atoms with Crippen molar-refractivity contribution in [2.24, 2.45) is 0 Å². The van der Waals surface area contributed by atoms with E-state index in [2.05, 4.69) is 0 Å². The molecule has 1 N–H and O–H groups in total. The highest BCUT2D eigenvalue weighted by Gasteiger charge is 2.22. The van der Waals surface area contributed by atoms with Gasteiger partial charge in [0.05, 0.1) is 10.6 Å². The Hall–Kier alpha value is -1.87. The van der Waals surface area contributed by atoms with Gasteiger partial charge in [0.2, 0.25) is 0 Å². The number of phenols is 1. The summed E-state index contributed by atoms with van der Waals surface area (Å²) in [6.07, 6.45) is 0.769. The van der Waals surface area contributed by atoms with Gasteiger partial charge in [-0.15, -0.1) is 0 Å². The molecule has 0 aliphatic heterocycles. The number of aromatic hydroxyl groups is 1. The average Bonchev–Trinajstić information content (AvgIpc) is 2.47. The Labute approximate surface area is 129 Å². The van der Waals surface area contributed by atoms with Gasteiger partial charge >= 0.3 is 0 Å². The SMILES string of the molecule is CC[C@@H](C)c1ccc(Cl)c(C(=O)c2ccc(O)cc2)c1F.[HH]. The molecule has 21 heavy (non-hydrogen) atoms. The van der Waals surface area contributed by atoms with E-state index >= 15 is 0 Å². The number of carbonyl (C=O) groups excluding carboxylic acids is 1. The first-order valence-corrected chi connectivity index (χ1v) is 7.15. The zero-order valence-electron chi connectivity index (χ0n) is 11.9. The summed E-state index contributed by atoms with van der Waals surface area (Å²) in [7, 11) is 0. The molecule has 0 unspecified atom stereocenters. The van der Waals surface area contributed by atoms with E-state index < -0.39 is 11.6 Å². The van der Waals surface area contributed by atoms with Gasteiger partial charge in [0.1, 0.15) is 11.6 Å². The Bertz CT molecular complexity index is 671. The van der Waals surface area contributed by atoms with Crippen molar-refractivity contribution in [3.63, 3.8) is 0 Å². The van der Waals surface area contributed by atoms with Crippen LogP contribution in [-0.4, -0.2) is 10.9 Å². The number of phenolic OH excluding ortho intramolecular Hbond substituents is 1. The van der Waals surface area contributed by atoms with E-state index in [1.54, 1.807) is 12.1 Å². The smallest absolute Gasteiger partial charge is 0.197 e. The zero-order valence-corrected chi connectivity index (χ0v) is 12.6. The molecule has 2 aromatic carbocycles. The van der Waals surface area contributed by atoms with Gasteiger partial charge in [-0.2, -0.15) is 0 Å². The van der Waals surface area contributed by atoms with Crippen molar-refractivity contribution in [2.45, 2.75) is 26.2 Å². The first-order valence-electron chi connectivity index (χ1n) is 6.77. The quantitative estimate of drug-likeness (QED) is 0.791. The Balaban J connectivity index is 0.00000242. The predicted molar refractivity (Wildman–Crippen MR) is 83.8 cm³/mol. The Morgan fingerprint density at radius 2 is 1.90 bits per heavy atom. The van der Waals surface area contributed by atoms with Crippen LogP contribution in [0.4, 0.5) is 4.39 Å². The van der Waals surface area contributed by atoms with Gasteiger partial charge in [0.15, 0.2) is 5.78 Å². The van der Waals surface area contributed by atoms with Crippen LogP contribution in [0.3, 0.4) is 0 Å². The molecular weight excluding hydrogens is 291 g/mol. The summed E-state index contributed by atoms with van der Waals surface area (Å²) in [5, 5.41) is 9.35. The van der Waals surface area contributed by atoms with Crippen molar-refractivity contribution in [1.82, 2.24) is 0 Å². The lowest BCUT2D eigenvalue weighted by Gasteiger charge is -2.14. The van der Waals surface area contributed by atoms with Crippen LogP contribution in [-0.2, 0) is 0 Å². The lowest BCUT2D eigenvalue weighted by Crippen LogP contribution is -2.09. The summed E-state index contributed by atoms with van der Waals surface area (Å²) in [5.41, 5.74) is 0.666. The second kappa shape index (κ2) is 6.27. The molecule has 0 radical (unpaired) electrons. The molecule has 0 aliphatic rings. The largest absolute Gasteiger partial charge is 0.508 e. The summed E-state index contributed by atoms with van der Waals surface area (Å²) in [5.74, 6) is -0.988. The average molecular weight is 309 g/mol. The molecule has 0 bridgehead atoms. The first kappa shape index (κ1) is 15.5. The number of benzene rings is 2. The second-order valence-electron chi connectivity index (χ2n) is 5.01. The highest BCUT2D eigenvalue weighted by molar-refractivity contribution is 6.35. The van der Waals surface area contributed by atoms with Crippen LogP contribution < -0.4 is 0 Å². The number of rotatable bonds is 4. The molecule has 2 rings (SSSR count). The molecule has 0 aromatic heterocycles. The summed E-state index contributed by atoms with van der Waals surface area (Å²) < 4.78 is 14.6. The maximum Gasteiger partial charge on any atom is 0.197 e. The molecule has 1 atom stereocenters. The van der Waals surface area contributed by atoms with Crippen molar-refractivity contribution in [1.29, 1.82) is 0 Å². The van der Waals surface area contributed by atoms with Gasteiger partial charge in [0.25, 0.3) is 0 Å². The maximum absolute atomic E-state index is 14.6. The van der Waals surface area contributed by atoms with E-state index in [9.17, 15) is 14.3 Å². The van der Waals surface area contributed by atoms with E-state index in [4.69, 9.17) is 11.6 Å². The van der Waals surface area contributed by atoms with Crippen LogP contribution in [0.2, 0.25) is 5.02 Å². The standard InChI is InChI=1S/C17H16ClFO2.H2/c1-3-10(2)13-8-9-14(18)15(16(13)19)17(21)11-4-6-12(20)7-5-11;/h4-10,20H,3H2,1-2H3;1H/t10-;/m1./s1. The molecule has 0 heterocycles. The minimum absolute atomic E-state index is 0. The third-order valence-corrected chi connectivity index (χ3v) is 3.94. The molecule has 0 amide bonds. The van der Waals surface area contributed by atoms with Crippen molar-refractivity contribution in [2.75, 3.05) is 0 Å². The van der Waals surface area contributed by atoms with Gasteiger partial charge in [-0.05, 0) is 48.2 Å². The Morgan fingerprint density at radius 1 is 1.29 bits per heavy atom. The molecule has 112 valence electrons. The minimum atomic E-state index is -0.560. The van der Waals surface area contributed by atoms with E-state index in [0.29, 0.717) is 5.56 Å². The van der Waals surface area contributed by atoms with Gasteiger partial charge in [0, 0.05) is 6.99 Å². The normalized spacial score (nSPS) is 12.2. The number of halogens is 2. The van der Waals surface area contributed by atoms with Crippen molar-refractivity contribution >= 4 is 17.4 Å². The van der Waals surface area contributed by atoms with Gasteiger partial charge < -0.3 is 5.11 Å². The number of carbonyl (C=O) groups is 1. The molecule has 0 saturated carbocycles. The van der Waals surface area contributed by atoms with Crippen LogP contribution >= 0.6 is 11.6 Å². The van der Waals surface area contributed by atoms with E-state index in [1.165, 1.54) is 24.3 Å². The fourth-order valence-corrected chi connectivity index (χ4v) is 2.37. The monoisotopic (exact) mass is 308 g/mol. The molecule has 2 aromatic rings. The van der Waals surface area contributed by atoms with E-state index in [1.807, 2.05) is 13.8 Å². The summed E-state index contributed by atoms with van der Waals surface area (Å²) >= 11 is 6.02. The highest BCUT2D eigenvalue weighted by Crippen LogP contribution is 2.30. The lowest BCUT2D eigenvalue weighted by molar-refractivity contribution is 0.103. The summed E-state index contributed by atoms with van der Waals surface area (Å²) in [6.45, 7) is 3.86. The third-order valence-electron chi connectivity index (χ3n) is 3.62. The summed E-state index contributed by atoms with van der Waals surface area (Å²) in [6, 6.07) is 8.85. The van der Waals surface area contributed by atoms with Crippen molar-refractivity contribution in [3.8, 4) is 5.75 Å². The molecule has 0 aliphatic carbocycles. The van der Waals surface area contributed by atoms with Gasteiger partial charge in [-0.25, -0.2) is 4.39 Å². The predicted octanol–water partition coefficient (Wildman–Crippen LogP) is 5.18. The topological polar surface area (TPSA) is 37.3 Å². The summed E-state index contributed by atoms with van der Waals surface area (Å²) in [4.78, 5) is 12.5. The van der Waals surface area contributed by atoms with Crippen LogP contribution in [0.15, 0.2) is 36.4 Å². The van der Waals surface area contributed by atoms with Crippen LogP contribution in [0.5, 0.6) is 5.75 Å². The fraction of sp³-hybridized carbons (Fsp3) is 0.235. The van der Waals surface area contributed by atoms with Crippen molar-refractivity contribution < 1.29 is 15.7 Å². The van der Waals surface area contributed by atoms with Gasteiger partial charge in [-0.1, -0.05) is 31.5 Å². The molecule has 2 nitrogen and oxygen atoms in total. The Morgan fingerprint density at radius 3 is 2.48 bits per heavy atom. The molecular formula is C17H18ClFO2. The maximum atomic E-state index is 14.6. The number of hydrogen-bond donors (Lipinski definition) is 1. The van der Waals surface area contributed by atoms with E-state index in [0.717, 1.165) is 6.42 Å². The fourth-order valence-electron chi connectivity index (χ4n) is 2.13. The minimum Gasteiger partial charge on any atom is -0.508 e. The number of ketones is 1. The highest BCUT2D eigenvalue weighted by atomic mass is 35.5. The van der Waals surface area contributed by atoms with Crippen LogP contribution in [0.25, 0.3) is 0 Å². The van der Waals surface area contributed by atoms with E-state index in [-0.39, 0.29) is 29.2 Å². The molecule has 4 heteroatoms. The van der Waals surface area contributed by atoms with Gasteiger partial charge in [-0.3, -0.25) is 4.79 Å². The zero-order chi connectivity index (χ0) is 15.6. The molecule has 0 fully saturated rings. The third kappa shape index (κ3) is 3.08. The van der Waals surface area contributed by atoms with Crippen LogP contribution in [0, 0.1) is 5.82 Å². The lowest BCUT2D eigenvalue weighted by atomic mass is 9.93.